The highest BCUT2D eigenvalue weighted by molar-refractivity contribution is 6.10. The molecule has 0 radical (unpaired) electrons. The highest BCUT2D eigenvalue weighted by Crippen LogP contribution is 2.17. The maximum atomic E-state index is 12.0. The lowest BCUT2D eigenvalue weighted by Gasteiger charge is -2.07. The van der Waals surface area contributed by atoms with E-state index < -0.39 is 5.97 Å². The molecule has 0 atom stereocenters. The molecular formula is C21H17NO2. The van der Waals surface area contributed by atoms with Gasteiger partial charge in [0, 0.05) is 11.1 Å². The number of carbonyl (C=O) groups is 1. The SMILES string of the molecule is Cc1ccc(C(=N)c2ccc(OC(=O)c3ccccc3)cc2)cc1. The van der Waals surface area contributed by atoms with Crippen molar-refractivity contribution in [2.75, 3.05) is 0 Å². The van der Waals surface area contributed by atoms with Gasteiger partial charge in [-0.05, 0) is 43.3 Å². The Morgan fingerprint density at radius 1 is 0.750 bits per heavy atom. The zero-order valence-electron chi connectivity index (χ0n) is 13.3. The van der Waals surface area contributed by atoms with E-state index in [2.05, 4.69) is 0 Å². The quantitative estimate of drug-likeness (QED) is 0.433. The van der Waals surface area contributed by atoms with Crippen molar-refractivity contribution in [3.63, 3.8) is 0 Å². The van der Waals surface area contributed by atoms with Crippen LogP contribution in [0.3, 0.4) is 0 Å². The van der Waals surface area contributed by atoms with Crippen LogP contribution in [0.25, 0.3) is 0 Å². The molecule has 0 amide bonds. The molecule has 3 rings (SSSR count). The van der Waals surface area contributed by atoms with Crippen LogP contribution in [0.5, 0.6) is 5.75 Å². The van der Waals surface area contributed by atoms with Gasteiger partial charge >= 0.3 is 5.97 Å². The number of aryl methyl sites for hydroxylation is 1. The Hall–Kier alpha value is -3.20. The van der Waals surface area contributed by atoms with E-state index in [-0.39, 0.29) is 0 Å². The van der Waals surface area contributed by atoms with Crippen molar-refractivity contribution in [1.82, 2.24) is 0 Å². The molecule has 3 heteroatoms. The Kier molecular flexibility index (Phi) is 4.52. The van der Waals surface area contributed by atoms with Gasteiger partial charge in [0.15, 0.2) is 0 Å². The van der Waals surface area contributed by atoms with Gasteiger partial charge in [-0.1, -0.05) is 48.0 Å². The zero-order valence-corrected chi connectivity index (χ0v) is 13.3. The molecule has 0 heterocycles. The second kappa shape index (κ2) is 6.92. The van der Waals surface area contributed by atoms with Crippen LogP contribution < -0.4 is 4.74 Å². The molecule has 3 aromatic carbocycles. The second-order valence-electron chi connectivity index (χ2n) is 5.52. The van der Waals surface area contributed by atoms with Gasteiger partial charge in [0.05, 0.1) is 11.3 Å². The van der Waals surface area contributed by atoms with Crippen molar-refractivity contribution < 1.29 is 9.53 Å². The first-order valence-electron chi connectivity index (χ1n) is 7.67. The topological polar surface area (TPSA) is 50.1 Å². The molecule has 1 N–H and O–H groups in total. The molecule has 24 heavy (non-hydrogen) atoms. The van der Waals surface area contributed by atoms with E-state index in [9.17, 15) is 4.79 Å². The maximum Gasteiger partial charge on any atom is 0.343 e. The molecule has 3 nitrogen and oxygen atoms in total. The van der Waals surface area contributed by atoms with Crippen molar-refractivity contribution in [2.45, 2.75) is 6.92 Å². The molecule has 0 spiro atoms. The van der Waals surface area contributed by atoms with Crippen molar-refractivity contribution >= 4 is 11.7 Å². The molecule has 0 aliphatic heterocycles. The Morgan fingerprint density at radius 2 is 1.29 bits per heavy atom. The van der Waals surface area contributed by atoms with E-state index in [4.69, 9.17) is 10.1 Å². The first-order chi connectivity index (χ1) is 11.6. The monoisotopic (exact) mass is 315 g/mol. The van der Waals surface area contributed by atoms with Crippen molar-refractivity contribution in [2.24, 2.45) is 0 Å². The molecule has 0 saturated carbocycles. The van der Waals surface area contributed by atoms with Crippen molar-refractivity contribution in [1.29, 1.82) is 5.41 Å². The van der Waals surface area contributed by atoms with Gasteiger partial charge in [0.1, 0.15) is 5.75 Å². The molecule has 0 unspecified atom stereocenters. The van der Waals surface area contributed by atoms with Crippen LogP contribution in [0.2, 0.25) is 0 Å². The maximum absolute atomic E-state index is 12.0. The van der Waals surface area contributed by atoms with Gasteiger partial charge in [-0.25, -0.2) is 4.79 Å². The second-order valence-corrected chi connectivity index (χ2v) is 5.52. The summed E-state index contributed by atoms with van der Waals surface area (Å²) < 4.78 is 5.35. The van der Waals surface area contributed by atoms with Crippen LogP contribution in [0.15, 0.2) is 78.9 Å². The van der Waals surface area contributed by atoms with Gasteiger partial charge in [0.25, 0.3) is 0 Å². The van der Waals surface area contributed by atoms with Crippen LogP contribution in [0.1, 0.15) is 27.0 Å². The fourth-order valence-corrected chi connectivity index (χ4v) is 2.32. The molecule has 0 fully saturated rings. The summed E-state index contributed by atoms with van der Waals surface area (Å²) in [6, 6.07) is 23.7. The molecule has 3 aromatic rings. The average Bonchev–Trinajstić information content (AvgIpc) is 2.63. The molecule has 118 valence electrons. The standard InChI is InChI=1S/C21H17NO2/c1-15-7-9-16(10-8-15)20(22)17-11-13-19(14-12-17)24-21(23)18-5-3-2-4-6-18/h2-14,22H,1H3. The van der Waals surface area contributed by atoms with E-state index in [0.717, 1.165) is 16.7 Å². The third-order valence-electron chi connectivity index (χ3n) is 3.70. The summed E-state index contributed by atoms with van der Waals surface area (Å²) in [5, 5.41) is 8.28. The smallest absolute Gasteiger partial charge is 0.343 e. The summed E-state index contributed by atoms with van der Waals surface area (Å²) in [5.41, 5.74) is 3.74. The summed E-state index contributed by atoms with van der Waals surface area (Å²) in [6.07, 6.45) is 0. The first kappa shape index (κ1) is 15.7. The number of rotatable bonds is 4. The highest BCUT2D eigenvalue weighted by Gasteiger charge is 2.09. The third kappa shape index (κ3) is 3.58. The Balaban J connectivity index is 1.72. The third-order valence-corrected chi connectivity index (χ3v) is 3.70. The van der Waals surface area contributed by atoms with Crippen molar-refractivity contribution in [3.05, 3.63) is 101 Å². The molecule has 0 aromatic heterocycles. The summed E-state index contributed by atoms with van der Waals surface area (Å²) in [5.74, 6) is 0.0706. The number of ether oxygens (including phenoxy) is 1. The first-order valence-corrected chi connectivity index (χ1v) is 7.67. The zero-order chi connectivity index (χ0) is 16.9. The Bertz CT molecular complexity index is 851. The number of nitrogens with one attached hydrogen (secondary N) is 1. The van der Waals surface area contributed by atoms with Gasteiger partial charge in [-0.15, -0.1) is 0 Å². The summed E-state index contributed by atoms with van der Waals surface area (Å²) in [4.78, 5) is 12.0. The minimum Gasteiger partial charge on any atom is -0.423 e. The number of hydrogen-bond donors (Lipinski definition) is 1. The summed E-state index contributed by atoms with van der Waals surface area (Å²) in [6.45, 7) is 2.02. The van der Waals surface area contributed by atoms with E-state index >= 15 is 0 Å². The van der Waals surface area contributed by atoms with E-state index in [1.54, 1.807) is 48.5 Å². The predicted molar refractivity (Wildman–Crippen MR) is 95.0 cm³/mol. The van der Waals surface area contributed by atoms with Crippen LogP contribution in [0.4, 0.5) is 0 Å². The Morgan fingerprint density at radius 3 is 1.88 bits per heavy atom. The van der Waals surface area contributed by atoms with Crippen LogP contribution in [-0.2, 0) is 0 Å². The predicted octanol–water partition coefficient (Wildman–Crippen LogP) is 4.63. The lowest BCUT2D eigenvalue weighted by molar-refractivity contribution is 0.0735. The largest absolute Gasteiger partial charge is 0.423 e. The molecule has 0 aliphatic rings. The van der Waals surface area contributed by atoms with Crippen LogP contribution >= 0.6 is 0 Å². The Labute approximate surface area is 141 Å². The van der Waals surface area contributed by atoms with E-state index in [0.29, 0.717) is 17.0 Å². The van der Waals surface area contributed by atoms with E-state index in [1.807, 2.05) is 37.3 Å². The van der Waals surface area contributed by atoms with E-state index in [1.165, 1.54) is 0 Å². The fraction of sp³-hybridized carbons (Fsp3) is 0.0476. The molecule has 0 aliphatic carbocycles. The highest BCUT2D eigenvalue weighted by atomic mass is 16.5. The summed E-state index contributed by atoms with van der Waals surface area (Å²) >= 11 is 0. The average molecular weight is 315 g/mol. The van der Waals surface area contributed by atoms with Gasteiger partial charge in [-0.3, -0.25) is 5.41 Å². The fourth-order valence-electron chi connectivity index (χ4n) is 2.32. The number of carbonyl (C=O) groups excluding carboxylic acids is 1. The molecule has 0 bridgehead atoms. The normalized spacial score (nSPS) is 10.2. The van der Waals surface area contributed by atoms with Gasteiger partial charge < -0.3 is 4.74 Å². The lowest BCUT2D eigenvalue weighted by Crippen LogP contribution is -2.08. The number of hydrogen-bond acceptors (Lipinski definition) is 3. The van der Waals surface area contributed by atoms with Gasteiger partial charge in [-0.2, -0.15) is 0 Å². The van der Waals surface area contributed by atoms with Gasteiger partial charge in [0.2, 0.25) is 0 Å². The molecule has 0 saturated heterocycles. The summed E-state index contributed by atoms with van der Waals surface area (Å²) in [7, 11) is 0. The minimum absolute atomic E-state index is 0.392. The van der Waals surface area contributed by atoms with Crippen LogP contribution in [0, 0.1) is 12.3 Å². The molecular weight excluding hydrogens is 298 g/mol. The lowest BCUT2D eigenvalue weighted by atomic mass is 10.0. The van der Waals surface area contributed by atoms with Crippen LogP contribution in [-0.4, -0.2) is 11.7 Å². The number of benzene rings is 3. The van der Waals surface area contributed by atoms with Crippen molar-refractivity contribution in [3.8, 4) is 5.75 Å². The minimum atomic E-state index is -0.392. The number of esters is 1.